The van der Waals surface area contributed by atoms with Gasteiger partial charge in [0.1, 0.15) is 6.10 Å². The quantitative estimate of drug-likeness (QED) is 0.580. The number of nitrogens with zero attached hydrogens (tertiary/aromatic N) is 1. The van der Waals surface area contributed by atoms with Gasteiger partial charge in [-0.05, 0) is 6.92 Å². The van der Waals surface area contributed by atoms with Crippen molar-refractivity contribution in [2.24, 2.45) is 0 Å². The van der Waals surface area contributed by atoms with Crippen LogP contribution in [0.4, 0.5) is 4.79 Å². The number of carboxylic acids is 1. The van der Waals surface area contributed by atoms with Gasteiger partial charge in [0, 0.05) is 7.05 Å². The Balaban J connectivity index is 2.79. The van der Waals surface area contributed by atoms with Crippen LogP contribution >= 0.6 is 0 Å². The molecule has 1 aliphatic heterocycles. The minimum absolute atomic E-state index is 0.565. The summed E-state index contributed by atoms with van der Waals surface area (Å²) in [6, 6.07) is -0.845. The number of likely N-dealkylation sites (N-methyl/N-ethyl adjacent to an activating group) is 1. The normalized spacial score (nSPS) is 30.4. The topological polar surface area (TPSA) is 66.8 Å². The van der Waals surface area contributed by atoms with Crippen LogP contribution in [0.25, 0.3) is 0 Å². The summed E-state index contributed by atoms with van der Waals surface area (Å²) in [5, 5.41) is 8.60. The molecule has 0 aromatic rings. The number of rotatable bonds is 1. The maximum Gasteiger partial charge on any atom is 0.410 e. The van der Waals surface area contributed by atoms with Crippen molar-refractivity contribution >= 4 is 12.1 Å². The van der Waals surface area contributed by atoms with Gasteiger partial charge in [0.25, 0.3) is 0 Å². The van der Waals surface area contributed by atoms with E-state index in [-0.39, 0.29) is 0 Å². The highest BCUT2D eigenvalue weighted by atomic mass is 16.6. The van der Waals surface area contributed by atoms with Gasteiger partial charge in [-0.15, -0.1) is 0 Å². The molecule has 0 unspecified atom stereocenters. The molecule has 0 aromatic heterocycles. The third-order valence-electron chi connectivity index (χ3n) is 1.69. The number of hydrogen-bond acceptors (Lipinski definition) is 3. The Morgan fingerprint density at radius 2 is 2.27 bits per heavy atom. The molecule has 1 saturated heterocycles. The number of amides is 1. The van der Waals surface area contributed by atoms with E-state index in [1.165, 1.54) is 7.05 Å². The van der Waals surface area contributed by atoms with Gasteiger partial charge < -0.3 is 9.84 Å². The van der Waals surface area contributed by atoms with E-state index >= 15 is 0 Å². The Labute approximate surface area is 63.5 Å². The van der Waals surface area contributed by atoms with Crippen LogP contribution in [0.2, 0.25) is 0 Å². The first-order valence-corrected chi connectivity index (χ1v) is 3.20. The lowest BCUT2D eigenvalue weighted by Gasteiger charge is -2.12. The minimum Gasteiger partial charge on any atom is -0.480 e. The van der Waals surface area contributed by atoms with Crippen molar-refractivity contribution in [1.29, 1.82) is 0 Å². The van der Waals surface area contributed by atoms with Crippen LogP contribution in [0.5, 0.6) is 0 Å². The summed E-state index contributed by atoms with van der Waals surface area (Å²) in [6.07, 6.45) is -1.14. The second kappa shape index (κ2) is 2.41. The molecule has 1 amide bonds. The smallest absolute Gasteiger partial charge is 0.410 e. The molecule has 62 valence electrons. The van der Waals surface area contributed by atoms with E-state index in [1.54, 1.807) is 6.92 Å². The predicted octanol–water partition coefficient (Wildman–Crippen LogP) is -0.0899. The summed E-state index contributed by atoms with van der Waals surface area (Å²) in [6.45, 7) is 1.56. The molecule has 1 heterocycles. The van der Waals surface area contributed by atoms with Crippen LogP contribution in [-0.2, 0) is 9.53 Å². The highest BCUT2D eigenvalue weighted by Gasteiger charge is 2.41. The van der Waals surface area contributed by atoms with Crippen LogP contribution in [0.1, 0.15) is 6.92 Å². The van der Waals surface area contributed by atoms with E-state index < -0.39 is 24.2 Å². The predicted molar refractivity (Wildman–Crippen MR) is 35.1 cm³/mol. The largest absolute Gasteiger partial charge is 0.480 e. The van der Waals surface area contributed by atoms with Gasteiger partial charge in [-0.25, -0.2) is 9.59 Å². The Morgan fingerprint density at radius 3 is 2.45 bits per heavy atom. The van der Waals surface area contributed by atoms with E-state index in [2.05, 4.69) is 4.74 Å². The van der Waals surface area contributed by atoms with Crippen molar-refractivity contribution < 1.29 is 19.4 Å². The number of ether oxygens (including phenoxy) is 1. The van der Waals surface area contributed by atoms with Crippen LogP contribution < -0.4 is 0 Å². The summed E-state index contributed by atoms with van der Waals surface area (Å²) in [5.74, 6) is -1.04. The van der Waals surface area contributed by atoms with E-state index in [0.717, 1.165) is 4.90 Å². The Morgan fingerprint density at radius 1 is 1.73 bits per heavy atom. The van der Waals surface area contributed by atoms with Crippen molar-refractivity contribution in [3.63, 3.8) is 0 Å². The van der Waals surface area contributed by atoms with Crippen molar-refractivity contribution in [3.05, 3.63) is 0 Å². The minimum atomic E-state index is -1.04. The lowest BCUT2D eigenvalue weighted by molar-refractivity contribution is -0.142. The van der Waals surface area contributed by atoms with E-state index in [9.17, 15) is 9.59 Å². The van der Waals surface area contributed by atoms with E-state index in [4.69, 9.17) is 5.11 Å². The third-order valence-corrected chi connectivity index (χ3v) is 1.69. The molecule has 1 aliphatic rings. The number of hydrogen-bond donors (Lipinski definition) is 1. The van der Waals surface area contributed by atoms with Crippen molar-refractivity contribution in [2.75, 3.05) is 7.05 Å². The molecule has 0 aliphatic carbocycles. The molecule has 0 spiro atoms. The van der Waals surface area contributed by atoms with Gasteiger partial charge in [0.05, 0.1) is 0 Å². The van der Waals surface area contributed by atoms with Crippen molar-refractivity contribution in [2.45, 2.75) is 19.1 Å². The first-order chi connectivity index (χ1) is 5.04. The highest BCUT2D eigenvalue weighted by Crippen LogP contribution is 2.16. The molecule has 1 rings (SSSR count). The number of carbonyl (C=O) groups is 2. The molecule has 1 N–H and O–H groups in total. The molecule has 0 saturated carbocycles. The maximum atomic E-state index is 10.7. The van der Waals surface area contributed by atoms with Crippen LogP contribution in [-0.4, -0.2) is 41.3 Å². The van der Waals surface area contributed by atoms with Crippen LogP contribution in [0.15, 0.2) is 0 Å². The molecule has 0 radical (unpaired) electrons. The fourth-order valence-corrected chi connectivity index (χ4v) is 1.10. The third kappa shape index (κ3) is 1.13. The molecular formula is C6H9NO4. The summed E-state index contributed by atoms with van der Waals surface area (Å²) >= 11 is 0. The molecule has 0 bridgehead atoms. The first-order valence-electron chi connectivity index (χ1n) is 3.20. The Kier molecular flexibility index (Phi) is 1.72. The fraction of sp³-hybridized carbons (Fsp3) is 0.667. The number of aliphatic carboxylic acids is 1. The van der Waals surface area contributed by atoms with Crippen LogP contribution in [0.3, 0.4) is 0 Å². The highest BCUT2D eigenvalue weighted by molar-refractivity contribution is 5.83. The van der Waals surface area contributed by atoms with Gasteiger partial charge in [0.2, 0.25) is 0 Å². The Hall–Kier alpha value is -1.26. The van der Waals surface area contributed by atoms with E-state index in [1.807, 2.05) is 0 Å². The average molecular weight is 159 g/mol. The lowest BCUT2D eigenvalue weighted by atomic mass is 10.2. The fourth-order valence-electron chi connectivity index (χ4n) is 1.10. The lowest BCUT2D eigenvalue weighted by Crippen LogP contribution is -2.39. The Bertz CT molecular complexity index is 203. The number of carbonyl (C=O) groups excluding carboxylic acids is 1. The van der Waals surface area contributed by atoms with Gasteiger partial charge in [0.15, 0.2) is 6.04 Å². The number of carboxylic acid groups (broad SMARTS) is 1. The molecule has 5 heteroatoms. The zero-order valence-electron chi connectivity index (χ0n) is 6.27. The molecule has 2 atom stereocenters. The van der Waals surface area contributed by atoms with Gasteiger partial charge in [-0.3, -0.25) is 4.90 Å². The summed E-state index contributed by atoms with van der Waals surface area (Å²) in [7, 11) is 1.41. The second-order valence-corrected chi connectivity index (χ2v) is 2.48. The van der Waals surface area contributed by atoms with Gasteiger partial charge >= 0.3 is 12.1 Å². The zero-order chi connectivity index (χ0) is 8.59. The average Bonchev–Trinajstić information content (AvgIpc) is 2.07. The SMILES string of the molecule is C[C@@H]1OC(=O)N(C)[C@H]1C(=O)O. The standard InChI is InChI=1S/C6H9NO4/c1-3-4(5(8)9)7(2)6(10)11-3/h3-4H,1-2H3,(H,8,9)/t3-,4+/m0/s1. The van der Waals surface area contributed by atoms with Gasteiger partial charge in [-0.1, -0.05) is 0 Å². The van der Waals surface area contributed by atoms with Gasteiger partial charge in [-0.2, -0.15) is 0 Å². The zero-order valence-corrected chi connectivity index (χ0v) is 6.27. The summed E-state index contributed by atoms with van der Waals surface area (Å²) < 4.78 is 4.65. The van der Waals surface area contributed by atoms with E-state index in [0.29, 0.717) is 0 Å². The molecule has 11 heavy (non-hydrogen) atoms. The first kappa shape index (κ1) is 7.84. The molecule has 1 fully saturated rings. The van der Waals surface area contributed by atoms with Crippen LogP contribution in [0, 0.1) is 0 Å². The molecular weight excluding hydrogens is 150 g/mol. The maximum absolute atomic E-state index is 10.7. The summed E-state index contributed by atoms with van der Waals surface area (Å²) in [5.41, 5.74) is 0. The van der Waals surface area contributed by atoms with Crippen molar-refractivity contribution in [3.8, 4) is 0 Å². The second-order valence-electron chi connectivity index (χ2n) is 2.48. The molecule has 0 aromatic carbocycles. The summed E-state index contributed by atoms with van der Waals surface area (Å²) in [4.78, 5) is 22.3. The molecule has 5 nitrogen and oxygen atoms in total. The number of cyclic esters (lactones) is 1. The van der Waals surface area contributed by atoms with Crippen molar-refractivity contribution in [1.82, 2.24) is 4.90 Å². The monoisotopic (exact) mass is 159 g/mol.